The predicted octanol–water partition coefficient (Wildman–Crippen LogP) is 5.74. The van der Waals surface area contributed by atoms with Crippen LogP contribution in [0.2, 0.25) is 0 Å². The summed E-state index contributed by atoms with van der Waals surface area (Å²) in [5.74, 6) is 0. The standard InChI is InChI=1S/C16H11Br2N/c1-10-14-9-12(17)7-8-13(14)16(18)19-15(10)11-5-3-2-4-6-11/h2-9H,1H3. The van der Waals surface area contributed by atoms with Gasteiger partial charge in [0.1, 0.15) is 4.60 Å². The number of aromatic nitrogens is 1. The molecular weight excluding hydrogens is 366 g/mol. The molecule has 0 radical (unpaired) electrons. The first kappa shape index (κ1) is 12.8. The van der Waals surface area contributed by atoms with Gasteiger partial charge in [0.15, 0.2) is 0 Å². The van der Waals surface area contributed by atoms with Crippen molar-refractivity contribution in [3.63, 3.8) is 0 Å². The minimum atomic E-state index is 0.888. The topological polar surface area (TPSA) is 12.9 Å². The van der Waals surface area contributed by atoms with Crippen LogP contribution in [-0.4, -0.2) is 4.98 Å². The van der Waals surface area contributed by atoms with E-state index in [0.717, 1.165) is 25.7 Å². The number of aryl methyl sites for hydroxylation is 1. The second-order valence-corrected chi connectivity index (χ2v) is 6.10. The molecule has 0 fully saturated rings. The zero-order chi connectivity index (χ0) is 13.4. The van der Waals surface area contributed by atoms with Crippen LogP contribution in [0.5, 0.6) is 0 Å². The van der Waals surface area contributed by atoms with Crippen molar-refractivity contribution >= 4 is 42.6 Å². The van der Waals surface area contributed by atoms with Gasteiger partial charge in [-0.15, -0.1) is 0 Å². The number of hydrogen-bond acceptors (Lipinski definition) is 1. The Morgan fingerprint density at radius 1 is 0.895 bits per heavy atom. The highest BCUT2D eigenvalue weighted by atomic mass is 79.9. The average molecular weight is 377 g/mol. The van der Waals surface area contributed by atoms with Crippen LogP contribution in [-0.2, 0) is 0 Å². The lowest BCUT2D eigenvalue weighted by molar-refractivity contribution is 1.27. The summed E-state index contributed by atoms with van der Waals surface area (Å²) in [6.07, 6.45) is 0. The lowest BCUT2D eigenvalue weighted by Gasteiger charge is -2.11. The van der Waals surface area contributed by atoms with Crippen LogP contribution in [0.4, 0.5) is 0 Å². The van der Waals surface area contributed by atoms with Gasteiger partial charge in [0.2, 0.25) is 0 Å². The molecule has 0 spiro atoms. The molecule has 0 N–H and O–H groups in total. The zero-order valence-electron chi connectivity index (χ0n) is 10.3. The molecule has 19 heavy (non-hydrogen) atoms. The second kappa shape index (κ2) is 5.06. The van der Waals surface area contributed by atoms with Crippen molar-refractivity contribution in [3.8, 4) is 11.3 Å². The Bertz CT molecular complexity index is 752. The summed E-state index contributed by atoms with van der Waals surface area (Å²) < 4.78 is 1.97. The van der Waals surface area contributed by atoms with E-state index in [0.29, 0.717) is 0 Å². The summed E-state index contributed by atoms with van der Waals surface area (Å²) >= 11 is 7.11. The third kappa shape index (κ3) is 2.33. The maximum absolute atomic E-state index is 4.70. The molecule has 3 rings (SSSR count). The molecule has 0 saturated heterocycles. The maximum Gasteiger partial charge on any atom is 0.114 e. The lowest BCUT2D eigenvalue weighted by atomic mass is 10.0. The fourth-order valence-electron chi connectivity index (χ4n) is 2.25. The van der Waals surface area contributed by atoms with E-state index >= 15 is 0 Å². The molecule has 0 atom stereocenters. The first-order valence-electron chi connectivity index (χ1n) is 5.97. The SMILES string of the molecule is Cc1c(-c2ccccc2)nc(Br)c2ccc(Br)cc12. The minimum Gasteiger partial charge on any atom is -0.240 e. The quantitative estimate of drug-likeness (QED) is 0.494. The number of pyridine rings is 1. The van der Waals surface area contributed by atoms with E-state index in [9.17, 15) is 0 Å². The Morgan fingerprint density at radius 2 is 1.63 bits per heavy atom. The summed E-state index contributed by atoms with van der Waals surface area (Å²) in [4.78, 5) is 4.70. The molecule has 0 amide bonds. The molecule has 0 aliphatic heterocycles. The van der Waals surface area contributed by atoms with Crippen LogP contribution in [0.1, 0.15) is 5.56 Å². The first-order chi connectivity index (χ1) is 9.16. The summed E-state index contributed by atoms with van der Waals surface area (Å²) in [6, 6.07) is 16.5. The van der Waals surface area contributed by atoms with Crippen LogP contribution in [0, 0.1) is 6.92 Å². The second-order valence-electron chi connectivity index (χ2n) is 4.43. The summed E-state index contributed by atoms with van der Waals surface area (Å²) in [5, 5.41) is 2.36. The number of hydrogen-bond donors (Lipinski definition) is 0. The molecule has 1 nitrogen and oxygen atoms in total. The summed E-state index contributed by atoms with van der Waals surface area (Å²) in [7, 11) is 0. The Kier molecular flexibility index (Phi) is 3.42. The molecule has 0 aliphatic carbocycles. The molecule has 3 aromatic rings. The van der Waals surface area contributed by atoms with E-state index in [-0.39, 0.29) is 0 Å². The monoisotopic (exact) mass is 375 g/mol. The van der Waals surface area contributed by atoms with E-state index < -0.39 is 0 Å². The van der Waals surface area contributed by atoms with Crippen LogP contribution in [0.3, 0.4) is 0 Å². The van der Waals surface area contributed by atoms with Gasteiger partial charge in [-0.1, -0.05) is 52.3 Å². The molecule has 2 aromatic carbocycles. The number of halogens is 2. The summed E-state index contributed by atoms with van der Waals surface area (Å²) in [5.41, 5.74) is 3.37. The van der Waals surface area contributed by atoms with Crippen LogP contribution < -0.4 is 0 Å². The van der Waals surface area contributed by atoms with Gasteiger partial charge >= 0.3 is 0 Å². The molecular formula is C16H11Br2N. The Balaban J connectivity index is 2.36. The molecule has 1 heterocycles. The van der Waals surface area contributed by atoms with Gasteiger partial charge in [-0.3, -0.25) is 0 Å². The van der Waals surface area contributed by atoms with Crippen molar-refractivity contribution in [3.05, 3.63) is 63.2 Å². The van der Waals surface area contributed by atoms with Gasteiger partial charge in [-0.05, 0) is 45.9 Å². The predicted molar refractivity (Wildman–Crippen MR) is 87.3 cm³/mol. The van der Waals surface area contributed by atoms with Gasteiger partial charge in [0, 0.05) is 15.4 Å². The Labute approximate surface area is 128 Å². The van der Waals surface area contributed by atoms with E-state index in [4.69, 9.17) is 4.98 Å². The normalized spacial score (nSPS) is 10.9. The zero-order valence-corrected chi connectivity index (χ0v) is 13.5. The highest BCUT2D eigenvalue weighted by Crippen LogP contribution is 2.33. The Hall–Kier alpha value is -1.19. The first-order valence-corrected chi connectivity index (χ1v) is 7.56. The molecule has 0 saturated carbocycles. The molecule has 0 bridgehead atoms. The molecule has 3 heteroatoms. The largest absolute Gasteiger partial charge is 0.240 e. The van der Waals surface area contributed by atoms with E-state index in [1.165, 1.54) is 10.9 Å². The summed E-state index contributed by atoms with van der Waals surface area (Å²) in [6.45, 7) is 2.12. The van der Waals surface area contributed by atoms with E-state index in [1.54, 1.807) is 0 Å². The fourth-order valence-corrected chi connectivity index (χ4v) is 3.14. The van der Waals surface area contributed by atoms with Gasteiger partial charge in [0.05, 0.1) is 5.69 Å². The van der Waals surface area contributed by atoms with Crippen molar-refractivity contribution in [1.82, 2.24) is 4.98 Å². The van der Waals surface area contributed by atoms with Gasteiger partial charge in [0.25, 0.3) is 0 Å². The molecule has 0 aliphatic rings. The smallest absolute Gasteiger partial charge is 0.114 e. The number of fused-ring (bicyclic) bond motifs is 1. The van der Waals surface area contributed by atoms with Crippen molar-refractivity contribution in [2.45, 2.75) is 6.92 Å². The lowest BCUT2D eigenvalue weighted by Crippen LogP contribution is -1.92. The minimum absolute atomic E-state index is 0.888. The van der Waals surface area contributed by atoms with Gasteiger partial charge in [-0.2, -0.15) is 0 Å². The van der Waals surface area contributed by atoms with Crippen LogP contribution >= 0.6 is 31.9 Å². The fraction of sp³-hybridized carbons (Fsp3) is 0.0625. The van der Waals surface area contributed by atoms with E-state index in [1.807, 2.05) is 24.3 Å². The van der Waals surface area contributed by atoms with Crippen molar-refractivity contribution in [2.75, 3.05) is 0 Å². The van der Waals surface area contributed by atoms with Crippen LogP contribution in [0.15, 0.2) is 57.6 Å². The van der Waals surface area contributed by atoms with E-state index in [2.05, 4.69) is 63.0 Å². The number of rotatable bonds is 1. The third-order valence-electron chi connectivity index (χ3n) is 3.22. The van der Waals surface area contributed by atoms with Crippen LogP contribution in [0.25, 0.3) is 22.0 Å². The highest BCUT2D eigenvalue weighted by molar-refractivity contribution is 9.10. The maximum atomic E-state index is 4.70. The number of benzene rings is 2. The van der Waals surface area contributed by atoms with Gasteiger partial charge in [-0.25, -0.2) is 4.98 Å². The molecule has 0 unspecified atom stereocenters. The molecule has 1 aromatic heterocycles. The third-order valence-corrected chi connectivity index (χ3v) is 4.32. The average Bonchev–Trinajstić information content (AvgIpc) is 2.43. The number of nitrogens with zero attached hydrogens (tertiary/aromatic N) is 1. The molecule has 94 valence electrons. The van der Waals surface area contributed by atoms with Gasteiger partial charge < -0.3 is 0 Å². The highest BCUT2D eigenvalue weighted by Gasteiger charge is 2.11. The Morgan fingerprint density at radius 3 is 2.37 bits per heavy atom. The van der Waals surface area contributed by atoms with Crippen molar-refractivity contribution < 1.29 is 0 Å². The van der Waals surface area contributed by atoms with Crippen molar-refractivity contribution in [1.29, 1.82) is 0 Å². The van der Waals surface area contributed by atoms with Crippen molar-refractivity contribution in [2.24, 2.45) is 0 Å².